The van der Waals surface area contributed by atoms with Crippen LogP contribution in [0, 0.1) is 0 Å². The van der Waals surface area contributed by atoms with Crippen LogP contribution in [0.15, 0.2) is 67.0 Å². The second-order valence-corrected chi connectivity index (χ2v) is 7.43. The van der Waals surface area contributed by atoms with Gasteiger partial charge >= 0.3 is 6.18 Å². The second kappa shape index (κ2) is 7.65. The smallest absolute Gasteiger partial charge is 0.304 e. The van der Waals surface area contributed by atoms with Gasteiger partial charge in [0.05, 0.1) is 6.20 Å². The number of nitrogens with one attached hydrogen (secondary N) is 1. The Kier molecular flexibility index (Phi) is 5.19. The van der Waals surface area contributed by atoms with E-state index in [9.17, 15) is 13.2 Å². The van der Waals surface area contributed by atoms with Crippen LogP contribution in [0.1, 0.15) is 11.1 Å². The summed E-state index contributed by atoms with van der Waals surface area (Å²) in [5.74, 6) is 0. The zero-order valence-electron chi connectivity index (χ0n) is 16.2. The second-order valence-electron chi connectivity index (χ2n) is 7.43. The van der Waals surface area contributed by atoms with Crippen molar-refractivity contribution in [2.45, 2.75) is 11.7 Å². The van der Waals surface area contributed by atoms with Crippen molar-refractivity contribution in [3.05, 3.63) is 78.1 Å². The Morgan fingerprint density at radius 3 is 2.00 bits per heavy atom. The van der Waals surface area contributed by atoms with E-state index in [1.807, 2.05) is 42.3 Å². The maximum atomic E-state index is 14.8. The summed E-state index contributed by atoms with van der Waals surface area (Å²) in [4.78, 5) is 3.58. The molecule has 3 aromatic rings. The van der Waals surface area contributed by atoms with Gasteiger partial charge in [-0.2, -0.15) is 18.3 Å². The topological polar surface area (TPSA) is 35.2 Å². The number of likely N-dealkylation sites (N-methyl/N-ethyl adjacent to an activating group) is 1. The minimum absolute atomic E-state index is 0.113. The molecule has 29 heavy (non-hydrogen) atoms. The summed E-state index contributed by atoms with van der Waals surface area (Å²) >= 11 is 0. The van der Waals surface area contributed by atoms with Crippen LogP contribution in [0.4, 0.5) is 13.2 Å². The lowest BCUT2D eigenvalue weighted by molar-refractivity contribution is -0.226. The highest BCUT2D eigenvalue weighted by molar-refractivity contribution is 5.64. The zero-order valence-corrected chi connectivity index (χ0v) is 16.2. The van der Waals surface area contributed by atoms with Crippen LogP contribution in [0.2, 0.25) is 0 Å². The van der Waals surface area contributed by atoms with Crippen molar-refractivity contribution in [2.75, 3.05) is 33.2 Å². The van der Waals surface area contributed by atoms with Crippen LogP contribution in [-0.4, -0.2) is 59.4 Å². The maximum Gasteiger partial charge on any atom is 0.415 e. The first-order valence-corrected chi connectivity index (χ1v) is 9.58. The molecule has 1 atom stereocenters. The van der Waals surface area contributed by atoms with Gasteiger partial charge in [-0.25, -0.2) is 0 Å². The molecule has 4 rings (SSSR count). The number of halogens is 3. The third kappa shape index (κ3) is 3.45. The predicted octanol–water partition coefficient (Wildman–Crippen LogP) is 4.13. The van der Waals surface area contributed by atoms with Gasteiger partial charge in [0.25, 0.3) is 0 Å². The lowest BCUT2D eigenvalue weighted by atomic mass is 9.80. The molecule has 0 spiro atoms. The van der Waals surface area contributed by atoms with Crippen molar-refractivity contribution in [1.82, 2.24) is 20.0 Å². The summed E-state index contributed by atoms with van der Waals surface area (Å²) in [6.45, 7) is 1.80. The predicted molar refractivity (Wildman–Crippen MR) is 106 cm³/mol. The Hall–Kier alpha value is -2.64. The van der Waals surface area contributed by atoms with Gasteiger partial charge in [0.2, 0.25) is 0 Å². The largest absolute Gasteiger partial charge is 0.415 e. The molecule has 1 unspecified atom stereocenters. The van der Waals surface area contributed by atoms with E-state index in [1.54, 1.807) is 24.3 Å². The van der Waals surface area contributed by atoms with Crippen molar-refractivity contribution in [2.24, 2.45) is 0 Å². The summed E-state index contributed by atoms with van der Waals surface area (Å²) in [5, 5.41) is 6.41. The van der Waals surface area contributed by atoms with Crippen molar-refractivity contribution in [3.63, 3.8) is 0 Å². The molecule has 1 aliphatic rings. The van der Waals surface area contributed by atoms with Gasteiger partial charge in [0.1, 0.15) is 0 Å². The third-order valence-electron chi connectivity index (χ3n) is 5.71. The molecule has 2 aromatic carbocycles. The highest BCUT2D eigenvalue weighted by Crippen LogP contribution is 2.49. The van der Waals surface area contributed by atoms with E-state index < -0.39 is 11.7 Å². The van der Waals surface area contributed by atoms with Gasteiger partial charge in [-0.05, 0) is 23.7 Å². The SMILES string of the molecule is CN1CCN(C(c2ccc(-c3ccccc3)cc2)(c2cn[nH]c2)C(F)(F)F)CC1. The molecular weight excluding hydrogens is 377 g/mol. The number of aromatic nitrogens is 2. The Morgan fingerprint density at radius 1 is 0.828 bits per heavy atom. The fraction of sp³-hybridized carbons (Fsp3) is 0.318. The summed E-state index contributed by atoms with van der Waals surface area (Å²) in [6, 6.07) is 16.4. The first-order valence-electron chi connectivity index (χ1n) is 9.58. The molecule has 0 radical (unpaired) electrons. The average Bonchev–Trinajstić information content (AvgIpc) is 3.25. The summed E-state index contributed by atoms with van der Waals surface area (Å²) in [7, 11) is 1.93. The summed E-state index contributed by atoms with van der Waals surface area (Å²) < 4.78 is 44.5. The highest BCUT2D eigenvalue weighted by Gasteiger charge is 2.61. The Bertz CT molecular complexity index is 915. The minimum Gasteiger partial charge on any atom is -0.304 e. The number of hydrogen-bond acceptors (Lipinski definition) is 3. The lowest BCUT2D eigenvalue weighted by Gasteiger charge is -2.48. The quantitative estimate of drug-likeness (QED) is 0.715. The van der Waals surface area contributed by atoms with Crippen molar-refractivity contribution < 1.29 is 13.2 Å². The van der Waals surface area contributed by atoms with Gasteiger partial charge in [-0.15, -0.1) is 0 Å². The number of alkyl halides is 3. The van der Waals surface area contributed by atoms with Gasteiger partial charge in [-0.3, -0.25) is 10.00 Å². The molecule has 4 nitrogen and oxygen atoms in total. The van der Waals surface area contributed by atoms with Gasteiger partial charge in [0, 0.05) is 37.9 Å². The van der Waals surface area contributed by atoms with E-state index in [4.69, 9.17) is 0 Å². The Morgan fingerprint density at radius 2 is 1.45 bits per heavy atom. The number of H-pyrrole nitrogens is 1. The summed E-state index contributed by atoms with van der Waals surface area (Å²) in [6.07, 6.45) is -1.87. The van der Waals surface area contributed by atoms with E-state index in [0.717, 1.165) is 11.1 Å². The molecule has 1 aliphatic heterocycles. The Balaban J connectivity index is 1.84. The monoisotopic (exact) mass is 400 g/mol. The summed E-state index contributed by atoms with van der Waals surface area (Å²) in [5.41, 5.74) is -0.0653. The van der Waals surface area contributed by atoms with Crippen LogP contribution in [0.25, 0.3) is 11.1 Å². The van der Waals surface area contributed by atoms with Crippen molar-refractivity contribution in [1.29, 1.82) is 0 Å². The van der Waals surface area contributed by atoms with Crippen molar-refractivity contribution >= 4 is 0 Å². The van der Waals surface area contributed by atoms with Gasteiger partial charge in [0.15, 0.2) is 5.54 Å². The molecule has 1 saturated heterocycles. The van der Waals surface area contributed by atoms with Crippen molar-refractivity contribution in [3.8, 4) is 11.1 Å². The Labute approximate surface area is 168 Å². The standard InChI is InChI=1S/C22H23F3N4/c1-28-11-13-29(14-12-28)21(22(23,24)25,20-15-26-27-16-20)19-9-7-18(8-10-19)17-5-3-2-4-6-17/h2-10,15-16H,11-14H2,1H3,(H,26,27). The highest BCUT2D eigenvalue weighted by atomic mass is 19.4. The molecule has 0 saturated carbocycles. The average molecular weight is 400 g/mol. The van der Waals surface area contributed by atoms with E-state index in [0.29, 0.717) is 26.2 Å². The lowest BCUT2D eigenvalue weighted by Crippen LogP contribution is -2.61. The van der Waals surface area contributed by atoms with E-state index >= 15 is 0 Å². The molecular formula is C22H23F3N4. The molecule has 1 aromatic heterocycles. The molecule has 0 amide bonds. The normalized spacial score (nSPS) is 18.5. The number of benzene rings is 2. The fourth-order valence-electron chi connectivity index (χ4n) is 4.16. The number of rotatable bonds is 4. The van der Waals surface area contributed by atoms with Gasteiger partial charge in [-0.1, -0.05) is 54.6 Å². The van der Waals surface area contributed by atoms with E-state index in [-0.39, 0.29) is 11.1 Å². The van der Waals surface area contributed by atoms with Crippen LogP contribution in [-0.2, 0) is 5.54 Å². The molecule has 7 heteroatoms. The first kappa shape index (κ1) is 19.7. The molecule has 1 N–H and O–H groups in total. The molecule has 1 fully saturated rings. The molecule has 2 heterocycles. The maximum absolute atomic E-state index is 14.8. The minimum atomic E-state index is -4.51. The van der Waals surface area contributed by atoms with E-state index in [1.165, 1.54) is 17.3 Å². The number of nitrogens with zero attached hydrogens (tertiary/aromatic N) is 3. The molecule has 0 aliphatic carbocycles. The van der Waals surface area contributed by atoms with Crippen LogP contribution in [0.5, 0.6) is 0 Å². The van der Waals surface area contributed by atoms with Crippen LogP contribution >= 0.6 is 0 Å². The molecule has 0 bridgehead atoms. The molecule has 152 valence electrons. The third-order valence-corrected chi connectivity index (χ3v) is 5.71. The van der Waals surface area contributed by atoms with E-state index in [2.05, 4.69) is 10.2 Å². The first-order chi connectivity index (χ1) is 13.9. The fourth-order valence-corrected chi connectivity index (χ4v) is 4.16. The zero-order chi connectivity index (χ0) is 20.5. The van der Waals surface area contributed by atoms with Gasteiger partial charge < -0.3 is 4.90 Å². The van der Waals surface area contributed by atoms with Crippen LogP contribution in [0.3, 0.4) is 0 Å². The number of piperazine rings is 1. The number of hydrogen-bond donors (Lipinski definition) is 1. The number of aromatic amines is 1. The van der Waals surface area contributed by atoms with Crippen LogP contribution < -0.4 is 0 Å².